The van der Waals surface area contributed by atoms with Gasteiger partial charge in [-0.05, 0) is 32.1 Å². The number of aliphatic carboxylic acids is 1. The molecule has 0 spiro atoms. The maximum absolute atomic E-state index is 12.0. The summed E-state index contributed by atoms with van der Waals surface area (Å²) in [6, 6.07) is 0. The molecule has 0 heterocycles. The van der Waals surface area contributed by atoms with E-state index in [1.54, 1.807) is 0 Å². The maximum atomic E-state index is 12.0. The predicted molar refractivity (Wildman–Crippen MR) is 111 cm³/mol. The van der Waals surface area contributed by atoms with E-state index in [4.69, 9.17) is 13.7 Å². The number of amides is 1. The van der Waals surface area contributed by atoms with Crippen molar-refractivity contribution in [1.82, 2.24) is 5.32 Å². The lowest BCUT2D eigenvalue weighted by Gasteiger charge is -2.38. The standard InChI is InChI=1S/C19H35NO10S/c1-5-11-28-17(24)29-12-7-6-9-19(25,16(22)23)18(3,4)14-30-31(26,27)13-8-10-20-15(2)21/h25H,5-14H2,1-4H3,(H,20,21)(H,22,23)/t19-/m0/s1. The van der Waals surface area contributed by atoms with Gasteiger partial charge in [-0.1, -0.05) is 20.8 Å². The van der Waals surface area contributed by atoms with Gasteiger partial charge in [-0.3, -0.25) is 8.98 Å². The van der Waals surface area contributed by atoms with Crippen molar-refractivity contribution in [3.63, 3.8) is 0 Å². The highest BCUT2D eigenvalue weighted by Crippen LogP contribution is 2.36. The van der Waals surface area contributed by atoms with Crippen LogP contribution in [-0.2, 0) is 33.4 Å². The first-order chi connectivity index (χ1) is 14.3. The second kappa shape index (κ2) is 13.5. The van der Waals surface area contributed by atoms with Crippen LogP contribution in [0.5, 0.6) is 0 Å². The lowest BCUT2D eigenvalue weighted by Crippen LogP contribution is -2.53. The van der Waals surface area contributed by atoms with Crippen LogP contribution in [0.3, 0.4) is 0 Å². The minimum Gasteiger partial charge on any atom is -0.479 e. The quantitative estimate of drug-likeness (QED) is 0.171. The number of unbranched alkanes of at least 4 members (excludes halogenated alkanes) is 1. The Hall–Kier alpha value is -1.92. The minimum absolute atomic E-state index is 0.00213. The molecule has 0 saturated carbocycles. The molecule has 31 heavy (non-hydrogen) atoms. The number of ether oxygens (including phenoxy) is 2. The molecule has 0 aromatic heterocycles. The van der Waals surface area contributed by atoms with Crippen molar-refractivity contribution < 1.29 is 46.7 Å². The van der Waals surface area contributed by atoms with E-state index < -0.39 is 39.9 Å². The highest BCUT2D eigenvalue weighted by molar-refractivity contribution is 7.86. The zero-order valence-corrected chi connectivity index (χ0v) is 19.5. The summed E-state index contributed by atoms with van der Waals surface area (Å²) in [5.74, 6) is -2.15. The number of rotatable bonds is 16. The maximum Gasteiger partial charge on any atom is 0.508 e. The van der Waals surface area contributed by atoms with Gasteiger partial charge in [0.05, 0.1) is 25.6 Å². The second-order valence-corrected chi connectivity index (χ2v) is 9.57. The molecular weight excluding hydrogens is 434 g/mol. The van der Waals surface area contributed by atoms with E-state index in [2.05, 4.69) is 5.32 Å². The number of carbonyl (C=O) groups is 3. The first-order valence-corrected chi connectivity index (χ1v) is 11.7. The molecule has 0 aliphatic heterocycles. The van der Waals surface area contributed by atoms with Crippen LogP contribution in [0.15, 0.2) is 0 Å². The van der Waals surface area contributed by atoms with Gasteiger partial charge in [0, 0.05) is 18.9 Å². The molecule has 1 amide bonds. The number of hydrogen-bond acceptors (Lipinski definition) is 9. The first kappa shape index (κ1) is 29.1. The Labute approximate surface area is 183 Å². The molecule has 0 unspecified atom stereocenters. The number of hydrogen-bond donors (Lipinski definition) is 3. The van der Waals surface area contributed by atoms with Crippen LogP contribution in [0.1, 0.15) is 59.8 Å². The smallest absolute Gasteiger partial charge is 0.479 e. The van der Waals surface area contributed by atoms with Crippen LogP contribution in [0.4, 0.5) is 4.79 Å². The summed E-state index contributed by atoms with van der Waals surface area (Å²) in [5, 5.41) is 22.8. The second-order valence-electron chi connectivity index (χ2n) is 7.81. The van der Waals surface area contributed by atoms with Gasteiger partial charge >= 0.3 is 12.1 Å². The number of aliphatic hydroxyl groups is 1. The molecule has 0 radical (unpaired) electrons. The van der Waals surface area contributed by atoms with Gasteiger partial charge < -0.3 is 25.0 Å². The Morgan fingerprint density at radius 2 is 1.65 bits per heavy atom. The van der Waals surface area contributed by atoms with Crippen molar-refractivity contribution in [2.75, 3.05) is 32.1 Å². The predicted octanol–water partition coefficient (Wildman–Crippen LogP) is 1.43. The Morgan fingerprint density at radius 1 is 1.03 bits per heavy atom. The average molecular weight is 470 g/mol. The zero-order valence-electron chi connectivity index (χ0n) is 18.6. The van der Waals surface area contributed by atoms with Gasteiger partial charge in [0.1, 0.15) is 0 Å². The Morgan fingerprint density at radius 3 is 2.19 bits per heavy atom. The normalized spacial score (nSPS) is 13.8. The van der Waals surface area contributed by atoms with Crippen LogP contribution in [0.2, 0.25) is 0 Å². The third-order valence-electron chi connectivity index (χ3n) is 4.59. The molecule has 182 valence electrons. The van der Waals surface area contributed by atoms with Crippen LogP contribution in [0, 0.1) is 5.41 Å². The topological polar surface area (TPSA) is 166 Å². The Balaban J connectivity index is 4.68. The van der Waals surface area contributed by atoms with Gasteiger partial charge in [0.25, 0.3) is 10.1 Å². The SMILES string of the molecule is CCCOC(=O)OCCCC[C@](O)(C(=O)O)C(C)(C)COS(=O)(=O)CCCNC(C)=O. The highest BCUT2D eigenvalue weighted by Gasteiger charge is 2.50. The van der Waals surface area contributed by atoms with Gasteiger partial charge in [0.15, 0.2) is 5.60 Å². The van der Waals surface area contributed by atoms with E-state index in [1.165, 1.54) is 20.8 Å². The summed E-state index contributed by atoms with van der Waals surface area (Å²) in [4.78, 5) is 33.8. The molecule has 0 fully saturated rings. The monoisotopic (exact) mass is 469 g/mol. The van der Waals surface area contributed by atoms with Crippen molar-refractivity contribution in [1.29, 1.82) is 0 Å². The van der Waals surface area contributed by atoms with Crippen LogP contribution >= 0.6 is 0 Å². The van der Waals surface area contributed by atoms with Gasteiger partial charge in [-0.2, -0.15) is 8.42 Å². The van der Waals surface area contributed by atoms with Crippen molar-refractivity contribution >= 4 is 28.1 Å². The molecule has 0 saturated heterocycles. The van der Waals surface area contributed by atoms with E-state index in [0.717, 1.165) is 0 Å². The summed E-state index contributed by atoms with van der Waals surface area (Å²) < 4.78 is 38.6. The molecule has 0 aromatic rings. The summed E-state index contributed by atoms with van der Waals surface area (Å²) in [6.07, 6.45) is 0.267. The summed E-state index contributed by atoms with van der Waals surface area (Å²) >= 11 is 0. The number of nitrogens with one attached hydrogen (secondary N) is 1. The summed E-state index contributed by atoms with van der Waals surface area (Å²) in [6.45, 7) is 5.79. The van der Waals surface area contributed by atoms with Crippen LogP contribution in [-0.4, -0.2) is 74.4 Å². The molecule has 12 heteroatoms. The highest BCUT2D eigenvalue weighted by atomic mass is 32.2. The number of carbonyl (C=O) groups excluding carboxylic acids is 2. The molecule has 0 bridgehead atoms. The van der Waals surface area contributed by atoms with Crippen molar-refractivity contribution in [3.05, 3.63) is 0 Å². The minimum atomic E-state index is -3.97. The number of carboxylic acids is 1. The van der Waals surface area contributed by atoms with Crippen LogP contribution in [0.25, 0.3) is 0 Å². The zero-order chi connectivity index (χ0) is 24.1. The molecular formula is C19H35NO10S. The fraction of sp³-hybridized carbons (Fsp3) is 0.842. The van der Waals surface area contributed by atoms with E-state index in [0.29, 0.717) is 6.42 Å². The van der Waals surface area contributed by atoms with E-state index in [-0.39, 0.29) is 57.1 Å². The molecule has 0 aromatic carbocycles. The van der Waals surface area contributed by atoms with Gasteiger partial charge in [0.2, 0.25) is 5.91 Å². The van der Waals surface area contributed by atoms with Crippen molar-refractivity contribution in [2.45, 2.75) is 65.4 Å². The molecule has 0 rings (SSSR count). The van der Waals surface area contributed by atoms with Gasteiger partial charge in [-0.15, -0.1) is 0 Å². The van der Waals surface area contributed by atoms with Crippen molar-refractivity contribution in [3.8, 4) is 0 Å². The third kappa shape index (κ3) is 11.3. The first-order valence-electron chi connectivity index (χ1n) is 10.1. The molecule has 1 atom stereocenters. The summed E-state index contributed by atoms with van der Waals surface area (Å²) in [7, 11) is -3.97. The van der Waals surface area contributed by atoms with Gasteiger partial charge in [-0.25, -0.2) is 9.59 Å². The molecule has 3 N–H and O–H groups in total. The van der Waals surface area contributed by atoms with E-state index >= 15 is 0 Å². The van der Waals surface area contributed by atoms with E-state index in [9.17, 15) is 33.0 Å². The lowest BCUT2D eigenvalue weighted by molar-refractivity contribution is -0.177. The van der Waals surface area contributed by atoms with Crippen molar-refractivity contribution in [2.24, 2.45) is 5.41 Å². The number of carboxylic acid groups (broad SMARTS) is 1. The van der Waals surface area contributed by atoms with E-state index in [1.807, 2.05) is 6.92 Å². The Bertz CT molecular complexity index is 692. The average Bonchev–Trinajstić information content (AvgIpc) is 2.67. The lowest BCUT2D eigenvalue weighted by atomic mass is 9.72. The largest absolute Gasteiger partial charge is 0.508 e. The molecule has 11 nitrogen and oxygen atoms in total. The fourth-order valence-corrected chi connectivity index (χ4v) is 3.62. The van der Waals surface area contributed by atoms with Crippen LogP contribution < -0.4 is 5.32 Å². The Kier molecular flexibility index (Phi) is 12.6. The summed E-state index contributed by atoms with van der Waals surface area (Å²) in [5.41, 5.74) is -3.70. The molecule has 0 aliphatic rings. The third-order valence-corrected chi connectivity index (χ3v) is 5.86. The molecule has 0 aliphatic carbocycles. The fourth-order valence-electron chi connectivity index (χ4n) is 2.53.